The molecule has 3 N–H and O–H groups in total. The van der Waals surface area contributed by atoms with E-state index in [2.05, 4.69) is 17.6 Å². The molecule has 1 aromatic rings. The number of carbonyl (C=O) groups is 2. The molecule has 5 heteroatoms. The van der Waals surface area contributed by atoms with Crippen LogP contribution in [0.4, 0.5) is 5.69 Å². The fraction of sp³-hybridized carbons (Fsp3) is 0.556. The molecule has 0 heterocycles. The van der Waals surface area contributed by atoms with Gasteiger partial charge in [0, 0.05) is 18.3 Å². The molecule has 1 atom stereocenters. The summed E-state index contributed by atoms with van der Waals surface area (Å²) in [7, 11) is 0. The van der Waals surface area contributed by atoms with Gasteiger partial charge < -0.3 is 15.7 Å². The second kappa shape index (κ2) is 10.0. The zero-order valence-corrected chi connectivity index (χ0v) is 14.3. The average Bonchev–Trinajstić information content (AvgIpc) is 2.53. The minimum Gasteiger partial charge on any atom is -0.396 e. The number of aryl methyl sites for hydroxylation is 1. The van der Waals surface area contributed by atoms with E-state index in [9.17, 15) is 9.59 Å². The van der Waals surface area contributed by atoms with Crippen LogP contribution in [0.25, 0.3) is 0 Å². The predicted molar refractivity (Wildman–Crippen MR) is 92.2 cm³/mol. The van der Waals surface area contributed by atoms with Crippen LogP contribution in [-0.2, 0) is 16.0 Å². The van der Waals surface area contributed by atoms with Crippen molar-refractivity contribution >= 4 is 17.5 Å². The molecule has 0 aromatic heterocycles. The van der Waals surface area contributed by atoms with Crippen molar-refractivity contribution in [2.45, 2.75) is 52.5 Å². The minimum absolute atomic E-state index is 0.0238. The molecular formula is C18H28N2O3. The first kappa shape index (κ1) is 19.2. The number of aliphatic hydroxyl groups is 1. The summed E-state index contributed by atoms with van der Waals surface area (Å²) in [5.41, 5.74) is 1.82. The van der Waals surface area contributed by atoms with Crippen molar-refractivity contribution in [1.29, 1.82) is 0 Å². The highest BCUT2D eigenvalue weighted by atomic mass is 16.3. The Labute approximate surface area is 138 Å². The van der Waals surface area contributed by atoms with Gasteiger partial charge in [0.2, 0.25) is 0 Å². The van der Waals surface area contributed by atoms with Gasteiger partial charge in [0.05, 0.1) is 0 Å². The number of hydrogen-bond donors (Lipinski definition) is 3. The predicted octanol–water partition coefficient (Wildman–Crippen LogP) is 2.49. The van der Waals surface area contributed by atoms with Crippen molar-refractivity contribution in [3.8, 4) is 0 Å². The van der Waals surface area contributed by atoms with Crippen molar-refractivity contribution < 1.29 is 14.7 Å². The van der Waals surface area contributed by atoms with Crippen LogP contribution in [0.2, 0.25) is 0 Å². The van der Waals surface area contributed by atoms with Crippen molar-refractivity contribution in [2.75, 3.05) is 11.9 Å². The Morgan fingerprint density at radius 3 is 2.30 bits per heavy atom. The maximum absolute atomic E-state index is 11.9. The molecule has 0 aliphatic heterocycles. The summed E-state index contributed by atoms with van der Waals surface area (Å²) in [5.74, 6) is -1.21. The Bertz CT molecular complexity index is 497. The number of carbonyl (C=O) groups excluding carboxylic acids is 2. The van der Waals surface area contributed by atoms with E-state index in [1.807, 2.05) is 38.1 Å². The monoisotopic (exact) mass is 320 g/mol. The second-order valence-corrected chi connectivity index (χ2v) is 6.09. The zero-order valence-electron chi connectivity index (χ0n) is 14.3. The van der Waals surface area contributed by atoms with Crippen LogP contribution in [-0.4, -0.2) is 29.6 Å². The maximum atomic E-state index is 11.9. The molecule has 2 amide bonds. The Balaban J connectivity index is 2.55. The minimum atomic E-state index is -0.685. The lowest BCUT2D eigenvalue weighted by Gasteiger charge is -2.21. The number of rotatable bonds is 8. The number of anilines is 1. The molecule has 23 heavy (non-hydrogen) atoms. The van der Waals surface area contributed by atoms with E-state index in [0.717, 1.165) is 19.3 Å². The molecule has 5 nitrogen and oxygen atoms in total. The summed E-state index contributed by atoms with van der Waals surface area (Å²) < 4.78 is 0. The lowest BCUT2D eigenvalue weighted by atomic mass is 10.0. The Morgan fingerprint density at radius 2 is 1.78 bits per heavy atom. The van der Waals surface area contributed by atoms with Crippen LogP contribution in [0.5, 0.6) is 0 Å². The van der Waals surface area contributed by atoms with Crippen LogP contribution >= 0.6 is 0 Å². The van der Waals surface area contributed by atoms with E-state index in [1.165, 1.54) is 5.56 Å². The van der Waals surface area contributed by atoms with Crippen LogP contribution in [0.3, 0.4) is 0 Å². The first-order chi connectivity index (χ1) is 11.0. The molecule has 0 saturated heterocycles. The fourth-order valence-corrected chi connectivity index (χ4v) is 2.27. The SMILES string of the molecule is CCCCc1ccc(NC(=O)C(=O)NC(CCO)C(C)C)cc1. The van der Waals surface area contributed by atoms with E-state index in [-0.39, 0.29) is 18.6 Å². The molecule has 0 saturated carbocycles. The number of aliphatic hydroxyl groups excluding tert-OH is 1. The molecule has 0 aliphatic rings. The lowest BCUT2D eigenvalue weighted by molar-refractivity contribution is -0.136. The van der Waals surface area contributed by atoms with E-state index in [1.54, 1.807) is 0 Å². The Morgan fingerprint density at radius 1 is 1.13 bits per heavy atom. The van der Waals surface area contributed by atoms with Gasteiger partial charge in [-0.25, -0.2) is 0 Å². The quantitative estimate of drug-likeness (QED) is 0.644. The number of unbranched alkanes of at least 4 members (excludes halogenated alkanes) is 1. The summed E-state index contributed by atoms with van der Waals surface area (Å²) in [6.45, 7) is 6.00. The number of amides is 2. The van der Waals surface area contributed by atoms with Gasteiger partial charge in [0.15, 0.2) is 0 Å². The number of hydrogen-bond acceptors (Lipinski definition) is 3. The van der Waals surface area contributed by atoms with Crippen LogP contribution < -0.4 is 10.6 Å². The van der Waals surface area contributed by atoms with Gasteiger partial charge in [-0.1, -0.05) is 39.3 Å². The van der Waals surface area contributed by atoms with E-state index in [0.29, 0.717) is 12.1 Å². The second-order valence-electron chi connectivity index (χ2n) is 6.09. The van der Waals surface area contributed by atoms with E-state index < -0.39 is 11.8 Å². The van der Waals surface area contributed by atoms with Crippen LogP contribution in [0.15, 0.2) is 24.3 Å². The Kier molecular flexibility index (Phi) is 8.33. The molecule has 0 bridgehead atoms. The third kappa shape index (κ3) is 6.82. The molecule has 1 unspecified atom stereocenters. The third-order valence-electron chi connectivity index (χ3n) is 3.80. The maximum Gasteiger partial charge on any atom is 0.313 e. The van der Waals surface area contributed by atoms with Gasteiger partial charge in [-0.05, 0) is 42.9 Å². The van der Waals surface area contributed by atoms with Crippen molar-refractivity contribution in [3.05, 3.63) is 29.8 Å². The third-order valence-corrected chi connectivity index (χ3v) is 3.80. The zero-order chi connectivity index (χ0) is 17.2. The van der Waals surface area contributed by atoms with Crippen LogP contribution in [0, 0.1) is 5.92 Å². The standard InChI is InChI=1S/C18H28N2O3/c1-4-5-6-14-7-9-15(10-8-14)19-17(22)18(23)20-16(11-12-21)13(2)3/h7-10,13,16,21H,4-6,11-12H2,1-3H3,(H,19,22)(H,20,23). The molecule has 1 rings (SSSR count). The largest absolute Gasteiger partial charge is 0.396 e. The van der Waals surface area contributed by atoms with Gasteiger partial charge in [-0.15, -0.1) is 0 Å². The molecular weight excluding hydrogens is 292 g/mol. The lowest BCUT2D eigenvalue weighted by Crippen LogP contribution is -2.44. The van der Waals surface area contributed by atoms with Crippen molar-refractivity contribution in [1.82, 2.24) is 5.32 Å². The van der Waals surface area contributed by atoms with Gasteiger partial charge in [0.25, 0.3) is 0 Å². The molecule has 0 fully saturated rings. The van der Waals surface area contributed by atoms with Crippen molar-refractivity contribution in [2.24, 2.45) is 5.92 Å². The highest BCUT2D eigenvalue weighted by Gasteiger charge is 2.20. The van der Waals surface area contributed by atoms with Gasteiger partial charge in [0.1, 0.15) is 0 Å². The summed E-state index contributed by atoms with van der Waals surface area (Å²) in [6.07, 6.45) is 3.73. The smallest absolute Gasteiger partial charge is 0.313 e. The number of nitrogens with one attached hydrogen (secondary N) is 2. The molecule has 0 spiro atoms. The Hall–Kier alpha value is -1.88. The van der Waals surface area contributed by atoms with Crippen LogP contribution in [0.1, 0.15) is 45.6 Å². The molecule has 128 valence electrons. The first-order valence-electron chi connectivity index (χ1n) is 8.29. The van der Waals surface area contributed by atoms with E-state index >= 15 is 0 Å². The number of benzene rings is 1. The average molecular weight is 320 g/mol. The summed E-state index contributed by atoms with van der Waals surface area (Å²) >= 11 is 0. The van der Waals surface area contributed by atoms with Gasteiger partial charge in [-0.3, -0.25) is 9.59 Å². The van der Waals surface area contributed by atoms with Gasteiger partial charge >= 0.3 is 11.8 Å². The highest BCUT2D eigenvalue weighted by molar-refractivity contribution is 6.39. The topological polar surface area (TPSA) is 78.4 Å². The summed E-state index contributed by atoms with van der Waals surface area (Å²) in [6, 6.07) is 7.33. The molecule has 0 aliphatic carbocycles. The highest BCUT2D eigenvalue weighted by Crippen LogP contribution is 2.12. The summed E-state index contributed by atoms with van der Waals surface area (Å²) in [4.78, 5) is 23.9. The van der Waals surface area contributed by atoms with E-state index in [4.69, 9.17) is 5.11 Å². The molecule has 1 aromatic carbocycles. The van der Waals surface area contributed by atoms with Crippen molar-refractivity contribution in [3.63, 3.8) is 0 Å². The first-order valence-corrected chi connectivity index (χ1v) is 8.29. The van der Waals surface area contributed by atoms with Gasteiger partial charge in [-0.2, -0.15) is 0 Å². The fourth-order valence-electron chi connectivity index (χ4n) is 2.27. The summed E-state index contributed by atoms with van der Waals surface area (Å²) in [5, 5.41) is 14.3. The normalized spacial score (nSPS) is 12.0. The molecule has 0 radical (unpaired) electrons.